The van der Waals surface area contributed by atoms with E-state index >= 15 is 0 Å². The van der Waals surface area contributed by atoms with Crippen LogP contribution < -0.4 is 5.32 Å². The Hall–Kier alpha value is -2.00. The molecule has 0 fully saturated rings. The SMILES string of the molecule is Cc1ccc(Cl)c(NC(=O)c2ccc(C)c(O)c2)c1. The molecule has 2 aromatic carbocycles. The van der Waals surface area contributed by atoms with Gasteiger partial charge in [0, 0.05) is 5.56 Å². The van der Waals surface area contributed by atoms with E-state index < -0.39 is 0 Å². The van der Waals surface area contributed by atoms with Crippen molar-refractivity contribution in [3.8, 4) is 5.75 Å². The van der Waals surface area contributed by atoms with Crippen LogP contribution in [-0.4, -0.2) is 11.0 Å². The fourth-order valence-electron chi connectivity index (χ4n) is 1.68. The van der Waals surface area contributed by atoms with E-state index in [9.17, 15) is 9.90 Å². The smallest absolute Gasteiger partial charge is 0.255 e. The molecular weight excluding hydrogens is 262 g/mol. The molecule has 0 aliphatic carbocycles. The number of anilines is 1. The van der Waals surface area contributed by atoms with Gasteiger partial charge in [-0.2, -0.15) is 0 Å². The molecule has 0 saturated carbocycles. The van der Waals surface area contributed by atoms with Gasteiger partial charge in [-0.1, -0.05) is 23.7 Å². The number of carbonyl (C=O) groups is 1. The predicted molar refractivity (Wildman–Crippen MR) is 77.0 cm³/mol. The van der Waals surface area contributed by atoms with Gasteiger partial charge < -0.3 is 10.4 Å². The molecule has 0 aliphatic heterocycles. The van der Waals surface area contributed by atoms with Crippen molar-refractivity contribution in [2.45, 2.75) is 13.8 Å². The maximum absolute atomic E-state index is 12.1. The fourth-order valence-corrected chi connectivity index (χ4v) is 1.84. The van der Waals surface area contributed by atoms with Crippen LogP contribution in [0.25, 0.3) is 0 Å². The number of aryl methyl sites for hydroxylation is 2. The van der Waals surface area contributed by atoms with Gasteiger partial charge in [-0.15, -0.1) is 0 Å². The summed E-state index contributed by atoms with van der Waals surface area (Å²) in [4.78, 5) is 12.1. The summed E-state index contributed by atoms with van der Waals surface area (Å²) in [5.41, 5.74) is 2.68. The zero-order chi connectivity index (χ0) is 14.0. The Bertz CT molecular complexity index is 638. The molecule has 98 valence electrons. The van der Waals surface area contributed by atoms with Gasteiger partial charge in [0.2, 0.25) is 0 Å². The molecule has 0 unspecified atom stereocenters. The molecule has 4 heteroatoms. The lowest BCUT2D eigenvalue weighted by Gasteiger charge is -2.09. The largest absolute Gasteiger partial charge is 0.508 e. The summed E-state index contributed by atoms with van der Waals surface area (Å²) in [6, 6.07) is 10.2. The molecule has 0 bridgehead atoms. The van der Waals surface area contributed by atoms with Crippen molar-refractivity contribution >= 4 is 23.2 Å². The summed E-state index contributed by atoms with van der Waals surface area (Å²) in [5.74, 6) is -0.203. The van der Waals surface area contributed by atoms with Crippen molar-refractivity contribution in [1.29, 1.82) is 0 Å². The molecule has 2 N–H and O–H groups in total. The third kappa shape index (κ3) is 3.06. The zero-order valence-corrected chi connectivity index (χ0v) is 11.5. The number of phenolic OH excluding ortho intramolecular Hbond substituents is 1. The van der Waals surface area contributed by atoms with Gasteiger partial charge in [0.15, 0.2) is 0 Å². The minimum atomic E-state index is -0.303. The Kier molecular flexibility index (Phi) is 3.76. The molecule has 0 saturated heterocycles. The Labute approximate surface area is 116 Å². The van der Waals surface area contributed by atoms with E-state index in [1.807, 2.05) is 13.0 Å². The van der Waals surface area contributed by atoms with E-state index in [2.05, 4.69) is 5.32 Å². The molecule has 0 aromatic heterocycles. The summed E-state index contributed by atoms with van der Waals surface area (Å²) in [6.45, 7) is 3.69. The summed E-state index contributed by atoms with van der Waals surface area (Å²) < 4.78 is 0. The number of benzene rings is 2. The molecule has 2 rings (SSSR count). The number of hydrogen-bond donors (Lipinski definition) is 2. The number of halogens is 1. The third-order valence-electron chi connectivity index (χ3n) is 2.84. The van der Waals surface area contributed by atoms with Crippen molar-refractivity contribution < 1.29 is 9.90 Å². The number of aromatic hydroxyl groups is 1. The molecule has 2 aromatic rings. The van der Waals surface area contributed by atoms with Crippen LogP contribution in [0.1, 0.15) is 21.5 Å². The van der Waals surface area contributed by atoms with E-state index in [1.165, 1.54) is 6.07 Å². The van der Waals surface area contributed by atoms with Crippen LogP contribution in [0.3, 0.4) is 0 Å². The Morgan fingerprint density at radius 2 is 1.89 bits per heavy atom. The monoisotopic (exact) mass is 275 g/mol. The van der Waals surface area contributed by atoms with Crippen LogP contribution in [0.5, 0.6) is 5.75 Å². The number of amides is 1. The average molecular weight is 276 g/mol. The average Bonchev–Trinajstić information content (AvgIpc) is 2.37. The van der Waals surface area contributed by atoms with Crippen LogP contribution in [0.15, 0.2) is 36.4 Å². The van der Waals surface area contributed by atoms with Gasteiger partial charge >= 0.3 is 0 Å². The first-order chi connectivity index (χ1) is 8.97. The predicted octanol–water partition coefficient (Wildman–Crippen LogP) is 3.91. The topological polar surface area (TPSA) is 49.3 Å². The second kappa shape index (κ2) is 5.33. The zero-order valence-electron chi connectivity index (χ0n) is 10.7. The van der Waals surface area contributed by atoms with Gasteiger partial charge in [0.25, 0.3) is 5.91 Å². The van der Waals surface area contributed by atoms with Crippen LogP contribution in [0, 0.1) is 13.8 Å². The van der Waals surface area contributed by atoms with Gasteiger partial charge in [-0.3, -0.25) is 4.79 Å². The molecule has 0 heterocycles. The molecule has 1 amide bonds. The first kappa shape index (κ1) is 13.4. The van der Waals surface area contributed by atoms with Crippen molar-refractivity contribution in [1.82, 2.24) is 0 Å². The Balaban J connectivity index is 2.25. The molecule has 0 atom stereocenters. The fraction of sp³-hybridized carbons (Fsp3) is 0.133. The summed E-state index contributed by atoms with van der Waals surface area (Å²) in [5, 5.41) is 12.8. The minimum Gasteiger partial charge on any atom is -0.508 e. The second-order valence-corrected chi connectivity index (χ2v) is 4.85. The highest BCUT2D eigenvalue weighted by Crippen LogP contribution is 2.24. The first-order valence-electron chi connectivity index (χ1n) is 5.84. The number of hydrogen-bond acceptors (Lipinski definition) is 2. The maximum Gasteiger partial charge on any atom is 0.255 e. The number of nitrogens with one attached hydrogen (secondary N) is 1. The van der Waals surface area contributed by atoms with Gasteiger partial charge in [-0.05, 0) is 49.2 Å². The number of rotatable bonds is 2. The second-order valence-electron chi connectivity index (χ2n) is 4.44. The lowest BCUT2D eigenvalue weighted by Crippen LogP contribution is -2.12. The van der Waals surface area contributed by atoms with Gasteiger partial charge in [0.05, 0.1) is 10.7 Å². The van der Waals surface area contributed by atoms with Crippen molar-refractivity contribution in [3.63, 3.8) is 0 Å². The minimum absolute atomic E-state index is 0.1000. The first-order valence-corrected chi connectivity index (χ1v) is 6.22. The standard InChI is InChI=1S/C15H14ClNO2/c1-9-3-6-12(16)13(7-9)17-15(19)11-5-4-10(2)14(18)8-11/h3-8,18H,1-2H3,(H,17,19). The summed E-state index contributed by atoms with van der Waals surface area (Å²) in [6.07, 6.45) is 0. The van der Waals surface area contributed by atoms with Gasteiger partial charge in [0.1, 0.15) is 5.75 Å². The molecule has 19 heavy (non-hydrogen) atoms. The summed E-state index contributed by atoms with van der Waals surface area (Å²) in [7, 11) is 0. The Morgan fingerprint density at radius 1 is 1.16 bits per heavy atom. The van der Waals surface area contributed by atoms with E-state index in [1.54, 1.807) is 31.2 Å². The normalized spacial score (nSPS) is 10.3. The highest BCUT2D eigenvalue weighted by Gasteiger charge is 2.10. The molecule has 3 nitrogen and oxygen atoms in total. The van der Waals surface area contributed by atoms with Crippen LogP contribution >= 0.6 is 11.6 Å². The van der Waals surface area contributed by atoms with Crippen molar-refractivity contribution in [3.05, 3.63) is 58.1 Å². The molecular formula is C15H14ClNO2. The highest BCUT2D eigenvalue weighted by molar-refractivity contribution is 6.34. The highest BCUT2D eigenvalue weighted by atomic mass is 35.5. The van der Waals surface area contributed by atoms with E-state index in [-0.39, 0.29) is 11.7 Å². The molecule has 0 spiro atoms. The van der Waals surface area contributed by atoms with E-state index in [4.69, 9.17) is 11.6 Å². The van der Waals surface area contributed by atoms with E-state index in [0.717, 1.165) is 11.1 Å². The lowest BCUT2D eigenvalue weighted by molar-refractivity contribution is 0.102. The lowest BCUT2D eigenvalue weighted by atomic mass is 10.1. The molecule has 0 aliphatic rings. The van der Waals surface area contributed by atoms with Crippen LogP contribution in [0.4, 0.5) is 5.69 Å². The quantitative estimate of drug-likeness (QED) is 0.873. The van der Waals surface area contributed by atoms with E-state index in [0.29, 0.717) is 16.3 Å². The van der Waals surface area contributed by atoms with Crippen molar-refractivity contribution in [2.24, 2.45) is 0 Å². The summed E-state index contributed by atoms with van der Waals surface area (Å²) >= 11 is 6.02. The molecule has 0 radical (unpaired) electrons. The number of phenols is 1. The van der Waals surface area contributed by atoms with Gasteiger partial charge in [-0.25, -0.2) is 0 Å². The Morgan fingerprint density at radius 3 is 2.58 bits per heavy atom. The third-order valence-corrected chi connectivity index (χ3v) is 3.17. The van der Waals surface area contributed by atoms with Crippen LogP contribution in [-0.2, 0) is 0 Å². The van der Waals surface area contributed by atoms with Crippen molar-refractivity contribution in [2.75, 3.05) is 5.32 Å². The number of carbonyl (C=O) groups excluding carboxylic acids is 1. The maximum atomic E-state index is 12.1. The van der Waals surface area contributed by atoms with Crippen LogP contribution in [0.2, 0.25) is 5.02 Å².